The Labute approximate surface area is 136 Å². The molecular formula is C14H20Cl2N2O2S. The lowest BCUT2D eigenvalue weighted by molar-refractivity contribution is 0.417. The van der Waals surface area contributed by atoms with E-state index in [1.54, 1.807) is 6.07 Å². The molecule has 1 heterocycles. The van der Waals surface area contributed by atoms with Crippen LogP contribution in [0.25, 0.3) is 0 Å². The maximum atomic E-state index is 12.8. The summed E-state index contributed by atoms with van der Waals surface area (Å²) in [4.78, 5) is 0.101. The molecule has 4 nitrogen and oxygen atoms in total. The maximum Gasteiger partial charge on any atom is 0.244 e. The standard InChI is InChI=1S/C14H20Cl2N2O2S/c1-10-3-2-7-18(8-6-10)21(19,20)13-5-4-12(15)11(9-17)14(13)16/h4-5,10H,2-3,6-9,17H2,1H3. The first-order valence-electron chi connectivity index (χ1n) is 7.05. The quantitative estimate of drug-likeness (QED) is 0.909. The van der Waals surface area contributed by atoms with Crippen LogP contribution in [0.2, 0.25) is 10.0 Å². The topological polar surface area (TPSA) is 63.4 Å². The van der Waals surface area contributed by atoms with Crippen LogP contribution < -0.4 is 5.73 Å². The molecule has 2 N–H and O–H groups in total. The Morgan fingerprint density at radius 2 is 2.00 bits per heavy atom. The van der Waals surface area contributed by atoms with Gasteiger partial charge in [-0.15, -0.1) is 0 Å². The molecule has 0 radical (unpaired) electrons. The second-order valence-electron chi connectivity index (χ2n) is 5.48. The van der Waals surface area contributed by atoms with Gasteiger partial charge in [-0.1, -0.05) is 30.1 Å². The van der Waals surface area contributed by atoms with Crippen molar-refractivity contribution in [3.05, 3.63) is 27.7 Å². The molecule has 1 aromatic rings. The van der Waals surface area contributed by atoms with Gasteiger partial charge in [0.1, 0.15) is 4.90 Å². The van der Waals surface area contributed by atoms with Crippen LogP contribution >= 0.6 is 23.2 Å². The first-order valence-corrected chi connectivity index (χ1v) is 9.24. The molecule has 0 aromatic heterocycles. The lowest BCUT2D eigenvalue weighted by atomic mass is 10.0. The van der Waals surface area contributed by atoms with Gasteiger partial charge in [-0.2, -0.15) is 4.31 Å². The van der Waals surface area contributed by atoms with Crippen molar-refractivity contribution in [2.24, 2.45) is 11.7 Å². The minimum absolute atomic E-state index is 0.101. The molecule has 1 unspecified atom stereocenters. The first-order chi connectivity index (χ1) is 9.87. The van der Waals surface area contributed by atoms with Crippen molar-refractivity contribution in [2.45, 2.75) is 37.6 Å². The molecule has 1 aliphatic rings. The Kier molecular flexibility index (Phi) is 5.54. The fraction of sp³-hybridized carbons (Fsp3) is 0.571. The van der Waals surface area contributed by atoms with Crippen molar-refractivity contribution < 1.29 is 8.42 Å². The minimum Gasteiger partial charge on any atom is -0.326 e. The van der Waals surface area contributed by atoms with Gasteiger partial charge >= 0.3 is 0 Å². The van der Waals surface area contributed by atoms with Gasteiger partial charge in [0, 0.05) is 30.2 Å². The van der Waals surface area contributed by atoms with Crippen molar-refractivity contribution >= 4 is 33.2 Å². The number of rotatable bonds is 3. The molecule has 1 saturated heterocycles. The Balaban J connectivity index is 2.40. The molecule has 1 fully saturated rings. The van der Waals surface area contributed by atoms with E-state index in [0.717, 1.165) is 19.3 Å². The van der Waals surface area contributed by atoms with Crippen molar-refractivity contribution in [3.8, 4) is 0 Å². The highest BCUT2D eigenvalue weighted by molar-refractivity contribution is 7.89. The molecule has 1 aromatic carbocycles. The van der Waals surface area contributed by atoms with Crippen LogP contribution in [0.5, 0.6) is 0 Å². The third kappa shape index (κ3) is 3.54. The van der Waals surface area contributed by atoms with Crippen LogP contribution in [0.4, 0.5) is 0 Å². The number of nitrogens with zero attached hydrogens (tertiary/aromatic N) is 1. The highest BCUT2D eigenvalue weighted by Crippen LogP contribution is 2.33. The summed E-state index contributed by atoms with van der Waals surface area (Å²) >= 11 is 12.2. The van der Waals surface area contributed by atoms with E-state index in [1.807, 2.05) is 0 Å². The summed E-state index contributed by atoms with van der Waals surface area (Å²) in [6.07, 6.45) is 2.79. The average molecular weight is 351 g/mol. The van der Waals surface area contributed by atoms with E-state index in [1.165, 1.54) is 10.4 Å². The van der Waals surface area contributed by atoms with E-state index < -0.39 is 10.0 Å². The summed E-state index contributed by atoms with van der Waals surface area (Å²) in [5, 5.41) is 0.535. The largest absolute Gasteiger partial charge is 0.326 e. The average Bonchev–Trinajstić information content (AvgIpc) is 2.64. The van der Waals surface area contributed by atoms with Gasteiger partial charge in [-0.05, 0) is 37.3 Å². The van der Waals surface area contributed by atoms with E-state index in [4.69, 9.17) is 28.9 Å². The summed E-state index contributed by atoms with van der Waals surface area (Å²) < 4.78 is 27.1. The minimum atomic E-state index is -3.60. The number of sulfonamides is 1. The molecule has 1 aliphatic heterocycles. The van der Waals surface area contributed by atoms with Gasteiger partial charge in [-0.3, -0.25) is 0 Å². The van der Waals surface area contributed by atoms with Crippen LogP contribution in [0.3, 0.4) is 0 Å². The number of halogens is 2. The van der Waals surface area contributed by atoms with Crippen LogP contribution in [0.1, 0.15) is 31.7 Å². The van der Waals surface area contributed by atoms with Crippen molar-refractivity contribution in [2.75, 3.05) is 13.1 Å². The monoisotopic (exact) mass is 350 g/mol. The van der Waals surface area contributed by atoms with Crippen molar-refractivity contribution in [1.29, 1.82) is 0 Å². The molecular weight excluding hydrogens is 331 g/mol. The number of hydrogen-bond donors (Lipinski definition) is 1. The Morgan fingerprint density at radius 1 is 1.29 bits per heavy atom. The number of benzene rings is 1. The lowest BCUT2D eigenvalue weighted by Gasteiger charge is -2.21. The lowest BCUT2D eigenvalue weighted by Crippen LogP contribution is -2.32. The molecule has 7 heteroatoms. The smallest absolute Gasteiger partial charge is 0.244 e. The summed E-state index contributed by atoms with van der Waals surface area (Å²) in [5.74, 6) is 0.547. The van der Waals surface area contributed by atoms with Crippen molar-refractivity contribution in [3.63, 3.8) is 0 Å². The highest BCUT2D eigenvalue weighted by Gasteiger charge is 2.29. The van der Waals surface area contributed by atoms with E-state index >= 15 is 0 Å². The molecule has 0 amide bonds. The summed E-state index contributed by atoms with van der Waals surface area (Å²) in [7, 11) is -3.60. The molecule has 0 aliphatic carbocycles. The molecule has 0 spiro atoms. The maximum absolute atomic E-state index is 12.8. The summed E-state index contributed by atoms with van der Waals surface area (Å²) in [5.41, 5.74) is 6.08. The van der Waals surface area contributed by atoms with E-state index in [2.05, 4.69) is 6.92 Å². The molecule has 0 saturated carbocycles. The van der Waals surface area contributed by atoms with Crippen LogP contribution in [-0.2, 0) is 16.6 Å². The van der Waals surface area contributed by atoms with Gasteiger partial charge < -0.3 is 5.73 Å². The summed E-state index contributed by atoms with van der Waals surface area (Å²) in [6.45, 7) is 3.32. The zero-order valence-corrected chi connectivity index (χ0v) is 14.3. The first kappa shape index (κ1) is 17.0. The van der Waals surface area contributed by atoms with E-state index in [0.29, 0.717) is 29.6 Å². The molecule has 2 rings (SSSR count). The number of hydrogen-bond acceptors (Lipinski definition) is 3. The Morgan fingerprint density at radius 3 is 2.67 bits per heavy atom. The van der Waals surface area contributed by atoms with E-state index in [9.17, 15) is 8.42 Å². The van der Waals surface area contributed by atoms with Crippen molar-refractivity contribution in [1.82, 2.24) is 4.31 Å². The van der Waals surface area contributed by atoms with Gasteiger partial charge in [0.2, 0.25) is 10.0 Å². The third-order valence-electron chi connectivity index (χ3n) is 3.95. The SMILES string of the molecule is CC1CCCN(S(=O)(=O)c2ccc(Cl)c(CN)c2Cl)CC1. The van der Waals surface area contributed by atoms with Crippen LogP contribution in [-0.4, -0.2) is 25.8 Å². The van der Waals surface area contributed by atoms with Crippen LogP contribution in [0.15, 0.2) is 17.0 Å². The molecule has 1 atom stereocenters. The molecule has 21 heavy (non-hydrogen) atoms. The molecule has 118 valence electrons. The second-order valence-corrected chi connectivity index (χ2v) is 8.17. The van der Waals surface area contributed by atoms with Crippen LogP contribution in [0, 0.1) is 5.92 Å². The van der Waals surface area contributed by atoms with Gasteiger partial charge in [0.15, 0.2) is 0 Å². The number of nitrogens with two attached hydrogens (primary N) is 1. The zero-order valence-electron chi connectivity index (χ0n) is 12.0. The Hall–Kier alpha value is -0.330. The van der Waals surface area contributed by atoms with Gasteiger partial charge in [-0.25, -0.2) is 8.42 Å². The predicted molar refractivity (Wildman–Crippen MR) is 86.1 cm³/mol. The zero-order chi connectivity index (χ0) is 15.6. The van der Waals surface area contributed by atoms with Gasteiger partial charge in [0.05, 0.1) is 5.02 Å². The second kappa shape index (κ2) is 6.84. The Bertz CT molecular complexity index is 620. The normalized spacial score (nSPS) is 21.2. The fourth-order valence-electron chi connectivity index (χ4n) is 2.58. The fourth-order valence-corrected chi connectivity index (χ4v) is 4.98. The summed E-state index contributed by atoms with van der Waals surface area (Å²) in [6, 6.07) is 3.01. The van der Waals surface area contributed by atoms with E-state index in [-0.39, 0.29) is 16.5 Å². The molecule has 0 bridgehead atoms. The predicted octanol–water partition coefficient (Wildman–Crippen LogP) is 3.26. The highest BCUT2D eigenvalue weighted by atomic mass is 35.5. The van der Waals surface area contributed by atoms with Gasteiger partial charge in [0.25, 0.3) is 0 Å². The third-order valence-corrected chi connectivity index (χ3v) is 6.79.